The number of thiophene rings is 1. The predicted octanol–water partition coefficient (Wildman–Crippen LogP) is 6.14. The summed E-state index contributed by atoms with van der Waals surface area (Å²) in [5.74, 6) is 0.227. The number of non-ortho nitro benzene ring substituents is 1. The Bertz CT molecular complexity index is 1310. The molecule has 30 heavy (non-hydrogen) atoms. The fourth-order valence-electron chi connectivity index (χ4n) is 2.75. The number of nitro benzene ring substituents is 1. The summed E-state index contributed by atoms with van der Waals surface area (Å²) in [5.41, 5.74) is 2.69. The fourth-order valence-corrected chi connectivity index (χ4v) is 4.37. The smallest absolute Gasteiger partial charge is 0.283 e. The zero-order chi connectivity index (χ0) is 21.3. The van der Waals surface area contributed by atoms with Crippen LogP contribution in [0.25, 0.3) is 21.4 Å². The first-order chi connectivity index (χ1) is 14.4. The Morgan fingerprint density at radius 1 is 1.17 bits per heavy atom. The highest BCUT2D eigenvalue weighted by molar-refractivity contribution is 7.21. The second kappa shape index (κ2) is 8.27. The minimum absolute atomic E-state index is 0.103. The average molecular weight is 460 g/mol. The average Bonchev–Trinajstić information content (AvgIpc) is 3.33. The van der Waals surface area contributed by atoms with Gasteiger partial charge < -0.3 is 4.42 Å². The Kier molecular flexibility index (Phi) is 5.54. The van der Waals surface area contributed by atoms with E-state index >= 15 is 0 Å². The van der Waals surface area contributed by atoms with Crippen molar-refractivity contribution < 1.29 is 14.1 Å². The van der Waals surface area contributed by atoms with Crippen LogP contribution in [0.3, 0.4) is 0 Å². The summed E-state index contributed by atoms with van der Waals surface area (Å²) >= 11 is 13.7. The maximum atomic E-state index is 12.4. The Morgan fingerprint density at radius 2 is 1.97 bits per heavy atom. The molecule has 0 fully saturated rings. The van der Waals surface area contributed by atoms with Crippen LogP contribution in [0.15, 0.2) is 64.1 Å². The Balaban J connectivity index is 1.50. The molecule has 0 bridgehead atoms. The van der Waals surface area contributed by atoms with Gasteiger partial charge in [-0.1, -0.05) is 41.4 Å². The molecule has 4 rings (SSSR count). The first-order valence-electron chi connectivity index (χ1n) is 8.48. The largest absolute Gasteiger partial charge is 0.455 e. The SMILES string of the molecule is O=C(N/N=C\c1ccc(-c2cc([N+](=O)[O-])ccc2Cl)o1)c1sc2ccccc2c1Cl. The first kappa shape index (κ1) is 20.1. The van der Waals surface area contributed by atoms with Crippen LogP contribution in [0.1, 0.15) is 15.4 Å². The van der Waals surface area contributed by atoms with Gasteiger partial charge in [0.25, 0.3) is 11.6 Å². The van der Waals surface area contributed by atoms with E-state index in [1.165, 1.54) is 35.8 Å². The Labute approximate surface area is 183 Å². The summed E-state index contributed by atoms with van der Waals surface area (Å²) in [6, 6.07) is 14.7. The number of hydrogen-bond donors (Lipinski definition) is 1. The predicted molar refractivity (Wildman–Crippen MR) is 118 cm³/mol. The number of carbonyl (C=O) groups is 1. The monoisotopic (exact) mass is 459 g/mol. The molecule has 2 heterocycles. The summed E-state index contributed by atoms with van der Waals surface area (Å²) in [5, 5.41) is 16.4. The number of fused-ring (bicyclic) bond motifs is 1. The summed E-state index contributed by atoms with van der Waals surface area (Å²) in [6.07, 6.45) is 1.31. The number of nitrogens with one attached hydrogen (secondary N) is 1. The quantitative estimate of drug-likeness (QED) is 0.220. The normalized spacial score (nSPS) is 11.3. The van der Waals surface area contributed by atoms with Gasteiger partial charge in [-0.2, -0.15) is 5.10 Å². The molecule has 7 nitrogen and oxygen atoms in total. The summed E-state index contributed by atoms with van der Waals surface area (Å²) in [4.78, 5) is 23.2. The molecule has 1 amide bonds. The minimum Gasteiger partial charge on any atom is -0.455 e. The van der Waals surface area contributed by atoms with Crippen molar-refractivity contribution in [3.8, 4) is 11.3 Å². The molecule has 0 saturated heterocycles. The van der Waals surface area contributed by atoms with Gasteiger partial charge in [0.1, 0.15) is 16.4 Å². The number of amides is 1. The molecule has 0 unspecified atom stereocenters. The number of hydrazone groups is 1. The molecule has 2 aromatic heterocycles. The Morgan fingerprint density at radius 3 is 2.73 bits per heavy atom. The molecule has 2 aromatic carbocycles. The van der Waals surface area contributed by atoms with Crippen LogP contribution < -0.4 is 5.43 Å². The van der Waals surface area contributed by atoms with Crippen molar-refractivity contribution >= 4 is 62.4 Å². The molecule has 0 saturated carbocycles. The van der Waals surface area contributed by atoms with Crippen molar-refractivity contribution in [2.45, 2.75) is 0 Å². The molecular weight excluding hydrogens is 449 g/mol. The van der Waals surface area contributed by atoms with Crippen LogP contribution in [-0.4, -0.2) is 17.0 Å². The van der Waals surface area contributed by atoms with E-state index in [0.717, 1.165) is 10.1 Å². The molecule has 150 valence electrons. The van der Waals surface area contributed by atoms with Crippen molar-refractivity contribution in [3.05, 3.63) is 85.4 Å². The van der Waals surface area contributed by atoms with Crippen LogP contribution in [0.5, 0.6) is 0 Å². The first-order valence-corrected chi connectivity index (χ1v) is 10.1. The van der Waals surface area contributed by atoms with Crippen molar-refractivity contribution in [1.29, 1.82) is 0 Å². The second-order valence-electron chi connectivity index (χ2n) is 6.06. The van der Waals surface area contributed by atoms with Gasteiger partial charge >= 0.3 is 0 Å². The number of benzene rings is 2. The third-order valence-electron chi connectivity index (χ3n) is 4.15. The van der Waals surface area contributed by atoms with Gasteiger partial charge in [-0.3, -0.25) is 14.9 Å². The third kappa shape index (κ3) is 3.93. The lowest BCUT2D eigenvalue weighted by Crippen LogP contribution is -2.16. The van der Waals surface area contributed by atoms with E-state index in [4.69, 9.17) is 27.6 Å². The number of halogens is 2. The Hall–Kier alpha value is -3.20. The maximum absolute atomic E-state index is 12.4. The highest BCUT2D eigenvalue weighted by Gasteiger charge is 2.17. The number of nitrogens with zero attached hydrogens (tertiary/aromatic N) is 2. The van der Waals surface area contributed by atoms with Crippen LogP contribution in [-0.2, 0) is 0 Å². The van der Waals surface area contributed by atoms with Gasteiger partial charge in [0.05, 0.1) is 21.2 Å². The lowest BCUT2D eigenvalue weighted by Gasteiger charge is -2.00. The van der Waals surface area contributed by atoms with Crippen molar-refractivity contribution in [2.24, 2.45) is 5.10 Å². The standard InChI is InChI=1S/C20H11Cl2N3O4S/c21-15-7-5-11(25(27)28)9-14(15)16-8-6-12(29-16)10-23-24-20(26)19-18(22)13-3-1-2-4-17(13)30-19/h1-10H,(H,24,26)/b23-10-. The second-order valence-corrected chi connectivity index (χ2v) is 7.90. The molecular formula is C20H11Cl2N3O4S. The van der Waals surface area contributed by atoms with Crippen LogP contribution in [0, 0.1) is 10.1 Å². The number of furan rings is 1. The van der Waals surface area contributed by atoms with E-state index in [2.05, 4.69) is 10.5 Å². The van der Waals surface area contributed by atoms with E-state index in [1.807, 2.05) is 24.3 Å². The van der Waals surface area contributed by atoms with Crippen LogP contribution in [0.2, 0.25) is 10.0 Å². The fraction of sp³-hybridized carbons (Fsp3) is 0. The van der Waals surface area contributed by atoms with Gasteiger partial charge in [0.2, 0.25) is 0 Å². The van der Waals surface area contributed by atoms with Gasteiger partial charge in [-0.05, 0) is 24.3 Å². The molecule has 0 aliphatic rings. The molecule has 0 aliphatic heterocycles. The molecule has 0 aliphatic carbocycles. The lowest BCUT2D eigenvalue weighted by atomic mass is 10.1. The van der Waals surface area contributed by atoms with Crippen molar-refractivity contribution in [2.75, 3.05) is 0 Å². The number of carbonyl (C=O) groups excluding carboxylic acids is 1. The van der Waals surface area contributed by atoms with E-state index in [-0.39, 0.29) is 5.69 Å². The maximum Gasteiger partial charge on any atom is 0.283 e. The van der Waals surface area contributed by atoms with Crippen LogP contribution >= 0.6 is 34.5 Å². The third-order valence-corrected chi connectivity index (χ3v) is 6.16. The highest BCUT2D eigenvalue weighted by Crippen LogP contribution is 2.35. The topological polar surface area (TPSA) is 97.7 Å². The van der Waals surface area contributed by atoms with E-state index < -0.39 is 10.8 Å². The van der Waals surface area contributed by atoms with E-state index in [1.54, 1.807) is 12.1 Å². The van der Waals surface area contributed by atoms with E-state index in [0.29, 0.717) is 32.0 Å². The summed E-state index contributed by atoms with van der Waals surface area (Å²) in [6.45, 7) is 0. The molecule has 4 aromatic rings. The van der Waals surface area contributed by atoms with Gasteiger partial charge in [0.15, 0.2) is 0 Å². The van der Waals surface area contributed by atoms with Gasteiger partial charge in [0, 0.05) is 27.8 Å². The minimum atomic E-state index is -0.514. The van der Waals surface area contributed by atoms with Crippen molar-refractivity contribution in [1.82, 2.24) is 5.43 Å². The number of rotatable bonds is 5. The molecule has 0 spiro atoms. The molecule has 1 N–H and O–H groups in total. The number of hydrogen-bond acceptors (Lipinski definition) is 6. The zero-order valence-corrected chi connectivity index (χ0v) is 17.3. The molecule has 10 heteroatoms. The summed E-state index contributed by atoms with van der Waals surface area (Å²) in [7, 11) is 0. The highest BCUT2D eigenvalue weighted by atomic mass is 35.5. The van der Waals surface area contributed by atoms with E-state index in [9.17, 15) is 14.9 Å². The number of nitro groups is 1. The van der Waals surface area contributed by atoms with Gasteiger partial charge in [-0.25, -0.2) is 5.43 Å². The van der Waals surface area contributed by atoms with Crippen LogP contribution in [0.4, 0.5) is 5.69 Å². The van der Waals surface area contributed by atoms with Crippen molar-refractivity contribution in [3.63, 3.8) is 0 Å². The summed E-state index contributed by atoms with van der Waals surface area (Å²) < 4.78 is 6.52. The van der Waals surface area contributed by atoms with Gasteiger partial charge in [-0.15, -0.1) is 11.3 Å². The molecule has 0 atom stereocenters. The lowest BCUT2D eigenvalue weighted by molar-refractivity contribution is -0.384. The zero-order valence-electron chi connectivity index (χ0n) is 15.0. The molecule has 0 radical (unpaired) electrons.